The molecule has 3 aromatic rings. The molecule has 0 unspecified atom stereocenters. The second kappa shape index (κ2) is 7.55. The molecule has 0 saturated heterocycles. The van der Waals surface area contributed by atoms with Crippen LogP contribution in [0.2, 0.25) is 5.02 Å². The highest BCUT2D eigenvalue weighted by Crippen LogP contribution is 2.19. The number of ether oxygens (including phenoxy) is 1. The number of nitrogens with zero attached hydrogens (tertiary/aromatic N) is 4. The Bertz CT molecular complexity index is 859. The fraction of sp³-hybridized carbons (Fsp3) is 0.188. The van der Waals surface area contributed by atoms with Crippen molar-refractivity contribution in [3.63, 3.8) is 0 Å². The fourth-order valence-electron chi connectivity index (χ4n) is 1.97. The number of furan rings is 1. The van der Waals surface area contributed by atoms with Gasteiger partial charge in [-0.1, -0.05) is 29.4 Å². The molecule has 0 radical (unpaired) electrons. The maximum atomic E-state index is 5.92. The summed E-state index contributed by atoms with van der Waals surface area (Å²) < 4.78 is 13.0. The quantitative estimate of drug-likeness (QED) is 0.489. The van der Waals surface area contributed by atoms with Crippen LogP contribution in [0.5, 0.6) is 5.75 Å². The van der Waals surface area contributed by atoms with Crippen molar-refractivity contribution in [3.8, 4) is 5.75 Å². The lowest BCUT2D eigenvalue weighted by molar-refractivity contribution is 0.270. The summed E-state index contributed by atoms with van der Waals surface area (Å²) in [4.78, 5) is 0. The van der Waals surface area contributed by atoms with Gasteiger partial charge < -0.3 is 9.15 Å². The lowest BCUT2D eigenvalue weighted by atomic mass is 10.3. The normalized spacial score (nSPS) is 11.3. The van der Waals surface area contributed by atoms with Crippen molar-refractivity contribution in [1.29, 1.82) is 0 Å². The zero-order valence-electron chi connectivity index (χ0n) is 13.1. The Morgan fingerprint density at radius 1 is 1.33 bits per heavy atom. The van der Waals surface area contributed by atoms with E-state index in [1.54, 1.807) is 23.0 Å². The first-order valence-corrected chi connectivity index (χ1v) is 8.73. The van der Waals surface area contributed by atoms with E-state index in [2.05, 4.69) is 15.3 Å². The van der Waals surface area contributed by atoms with Gasteiger partial charge in [0, 0.05) is 5.02 Å². The molecule has 3 rings (SSSR count). The first-order chi connectivity index (χ1) is 11.7. The maximum absolute atomic E-state index is 5.92. The third-order valence-corrected chi connectivity index (χ3v) is 3.97. The molecule has 0 aliphatic carbocycles. The number of hydrogen-bond donors (Lipinski definition) is 0. The zero-order valence-corrected chi connectivity index (χ0v) is 14.7. The summed E-state index contributed by atoms with van der Waals surface area (Å²) in [7, 11) is 0. The second-order valence-corrected chi connectivity index (χ2v) is 6.05. The maximum Gasteiger partial charge on any atom is 0.211 e. The molecule has 0 aliphatic heterocycles. The van der Waals surface area contributed by atoms with Crippen molar-refractivity contribution in [2.45, 2.75) is 18.7 Å². The lowest BCUT2D eigenvalue weighted by Gasteiger charge is -2.03. The Balaban J connectivity index is 1.65. The summed E-state index contributed by atoms with van der Waals surface area (Å²) >= 11 is 7.40. The van der Waals surface area contributed by atoms with Gasteiger partial charge in [0.1, 0.15) is 23.9 Å². The molecule has 8 heteroatoms. The molecule has 1 aromatic carbocycles. The second-order valence-electron chi connectivity index (χ2n) is 4.84. The Labute approximate surface area is 148 Å². The van der Waals surface area contributed by atoms with Crippen LogP contribution in [-0.4, -0.2) is 27.3 Å². The van der Waals surface area contributed by atoms with E-state index < -0.39 is 0 Å². The van der Waals surface area contributed by atoms with Gasteiger partial charge in [-0.25, -0.2) is 0 Å². The van der Waals surface area contributed by atoms with Crippen LogP contribution < -0.4 is 4.74 Å². The third kappa shape index (κ3) is 3.98. The third-order valence-electron chi connectivity index (χ3n) is 3.11. The average Bonchev–Trinajstić information content (AvgIpc) is 3.17. The summed E-state index contributed by atoms with van der Waals surface area (Å²) in [5, 5.41) is 13.7. The van der Waals surface area contributed by atoms with Crippen molar-refractivity contribution in [2.75, 3.05) is 6.26 Å². The summed E-state index contributed by atoms with van der Waals surface area (Å²) in [6, 6.07) is 10.9. The van der Waals surface area contributed by atoms with Crippen LogP contribution in [-0.2, 0) is 6.61 Å². The monoisotopic (exact) mass is 362 g/mol. The molecule has 2 aromatic heterocycles. The van der Waals surface area contributed by atoms with Gasteiger partial charge in [-0.15, -0.1) is 10.2 Å². The molecule has 0 saturated carbocycles. The predicted octanol–water partition coefficient (Wildman–Crippen LogP) is 4.02. The van der Waals surface area contributed by atoms with E-state index in [4.69, 9.17) is 20.8 Å². The van der Waals surface area contributed by atoms with E-state index >= 15 is 0 Å². The van der Waals surface area contributed by atoms with E-state index in [0.29, 0.717) is 34.7 Å². The predicted molar refractivity (Wildman–Crippen MR) is 94.0 cm³/mol. The van der Waals surface area contributed by atoms with Gasteiger partial charge in [-0.3, -0.25) is 0 Å². The first kappa shape index (κ1) is 16.6. The van der Waals surface area contributed by atoms with E-state index in [1.807, 2.05) is 37.4 Å². The minimum atomic E-state index is 0.315. The highest BCUT2D eigenvalue weighted by Gasteiger charge is 2.06. The van der Waals surface area contributed by atoms with Crippen LogP contribution in [0.1, 0.15) is 17.3 Å². The Morgan fingerprint density at radius 3 is 3.00 bits per heavy atom. The minimum Gasteiger partial charge on any atom is -0.486 e. The standard InChI is InChI=1S/C16H15ClN4O2S/c1-11-19-20-16(24-2)21(11)18-9-14-6-7-15(23-14)10-22-13-5-3-4-12(17)8-13/h3-9H,10H2,1-2H3. The fourth-order valence-corrected chi connectivity index (χ4v) is 2.62. The van der Waals surface area contributed by atoms with Crippen LogP contribution in [0.3, 0.4) is 0 Å². The van der Waals surface area contributed by atoms with Gasteiger partial charge in [0.2, 0.25) is 5.16 Å². The molecule has 24 heavy (non-hydrogen) atoms. The lowest BCUT2D eigenvalue weighted by Crippen LogP contribution is -1.95. The van der Waals surface area contributed by atoms with E-state index in [0.717, 1.165) is 5.16 Å². The van der Waals surface area contributed by atoms with Crippen molar-refractivity contribution < 1.29 is 9.15 Å². The van der Waals surface area contributed by atoms with Crippen LogP contribution in [0.4, 0.5) is 0 Å². The molecule has 6 nitrogen and oxygen atoms in total. The molecule has 2 heterocycles. The SMILES string of the molecule is CSc1nnc(C)n1N=Cc1ccc(COc2cccc(Cl)c2)o1. The smallest absolute Gasteiger partial charge is 0.211 e. The summed E-state index contributed by atoms with van der Waals surface area (Å²) in [5.74, 6) is 2.73. The van der Waals surface area contributed by atoms with E-state index in [1.165, 1.54) is 11.8 Å². The molecule has 0 bridgehead atoms. The number of thioether (sulfide) groups is 1. The number of hydrogen-bond acceptors (Lipinski definition) is 6. The Morgan fingerprint density at radius 2 is 2.21 bits per heavy atom. The van der Waals surface area contributed by atoms with Gasteiger partial charge in [0.05, 0.1) is 6.21 Å². The highest BCUT2D eigenvalue weighted by molar-refractivity contribution is 7.98. The van der Waals surface area contributed by atoms with Gasteiger partial charge in [0.25, 0.3) is 0 Å². The molecule has 0 atom stereocenters. The number of benzene rings is 1. The number of rotatable bonds is 6. The molecule has 0 aliphatic rings. The van der Waals surface area contributed by atoms with Gasteiger partial charge in [-0.05, 0) is 43.5 Å². The highest BCUT2D eigenvalue weighted by atomic mass is 35.5. The summed E-state index contributed by atoms with van der Waals surface area (Å²) in [6.07, 6.45) is 3.55. The van der Waals surface area contributed by atoms with Crippen molar-refractivity contribution in [1.82, 2.24) is 14.9 Å². The topological polar surface area (TPSA) is 65.4 Å². The molecule has 0 fully saturated rings. The molecule has 0 amide bonds. The van der Waals surface area contributed by atoms with Crippen LogP contribution in [0.15, 0.2) is 51.1 Å². The van der Waals surface area contributed by atoms with E-state index in [9.17, 15) is 0 Å². The Kier molecular flexibility index (Phi) is 5.22. The largest absolute Gasteiger partial charge is 0.486 e. The van der Waals surface area contributed by atoms with Crippen molar-refractivity contribution in [2.24, 2.45) is 5.10 Å². The van der Waals surface area contributed by atoms with Crippen LogP contribution in [0, 0.1) is 6.92 Å². The average molecular weight is 363 g/mol. The molecule has 0 N–H and O–H groups in total. The molecular formula is C16H15ClN4O2S. The van der Waals surface area contributed by atoms with Crippen LogP contribution >= 0.6 is 23.4 Å². The van der Waals surface area contributed by atoms with Crippen molar-refractivity contribution in [3.05, 3.63) is 58.8 Å². The Hall–Kier alpha value is -2.25. The van der Waals surface area contributed by atoms with E-state index in [-0.39, 0.29) is 0 Å². The zero-order chi connectivity index (χ0) is 16.9. The minimum absolute atomic E-state index is 0.315. The number of halogens is 1. The van der Waals surface area contributed by atoms with Gasteiger partial charge in [0.15, 0.2) is 5.82 Å². The van der Waals surface area contributed by atoms with Crippen LogP contribution in [0.25, 0.3) is 0 Å². The van der Waals surface area contributed by atoms with Crippen molar-refractivity contribution >= 4 is 29.6 Å². The molecule has 124 valence electrons. The summed E-state index contributed by atoms with van der Waals surface area (Å²) in [6.45, 7) is 2.16. The van der Waals surface area contributed by atoms with Gasteiger partial charge >= 0.3 is 0 Å². The first-order valence-electron chi connectivity index (χ1n) is 7.13. The molecule has 0 spiro atoms. The molecular weight excluding hydrogens is 348 g/mol. The number of aryl methyl sites for hydroxylation is 1. The summed E-state index contributed by atoms with van der Waals surface area (Å²) in [5.41, 5.74) is 0. The van der Waals surface area contributed by atoms with Gasteiger partial charge in [-0.2, -0.15) is 9.78 Å². The number of aromatic nitrogens is 3.